The number of nitrogens with zero attached hydrogens (tertiary/aromatic N) is 3. The molecule has 0 aliphatic heterocycles. The van der Waals surface area contributed by atoms with Crippen molar-refractivity contribution in [2.24, 2.45) is 5.92 Å². The van der Waals surface area contributed by atoms with Crippen LogP contribution in [0.3, 0.4) is 0 Å². The number of aromatic nitrogens is 3. The Morgan fingerprint density at radius 1 is 1.46 bits per heavy atom. The molecule has 6 heteroatoms. The van der Waals surface area contributed by atoms with E-state index in [-0.39, 0.29) is 5.92 Å². The zero-order chi connectivity index (χ0) is 10.1. The number of hydrogen-bond acceptors (Lipinski definition) is 2. The second-order valence-corrected chi connectivity index (χ2v) is 3.18. The van der Waals surface area contributed by atoms with Crippen LogP contribution in [0.2, 0.25) is 0 Å². The summed E-state index contributed by atoms with van der Waals surface area (Å²) in [4.78, 5) is 1.06. The summed E-state index contributed by atoms with van der Waals surface area (Å²) >= 11 is 0. The Hall–Kier alpha value is -1.07. The van der Waals surface area contributed by atoms with Crippen molar-refractivity contribution in [3.63, 3.8) is 0 Å². The van der Waals surface area contributed by atoms with E-state index >= 15 is 0 Å². The van der Waals surface area contributed by atoms with Gasteiger partial charge in [-0.15, -0.1) is 5.10 Å². The molecule has 3 nitrogen and oxygen atoms in total. The molecule has 0 saturated carbocycles. The molecule has 0 saturated heterocycles. The Labute approximate surface area is 73.5 Å². The summed E-state index contributed by atoms with van der Waals surface area (Å²) in [5.74, 6) is 0.230. The minimum atomic E-state index is -4.39. The minimum absolute atomic E-state index is 0.230. The Morgan fingerprint density at radius 2 is 2.08 bits per heavy atom. The van der Waals surface area contributed by atoms with Crippen molar-refractivity contribution in [1.82, 2.24) is 15.0 Å². The highest BCUT2D eigenvalue weighted by atomic mass is 19.4. The summed E-state index contributed by atoms with van der Waals surface area (Å²) in [6.07, 6.45) is -3.66. The highest BCUT2D eigenvalue weighted by Crippen LogP contribution is 2.26. The van der Waals surface area contributed by atoms with Crippen LogP contribution in [0.1, 0.15) is 19.5 Å². The minimum Gasteiger partial charge on any atom is -0.184 e. The third kappa shape index (κ3) is 2.71. The van der Waals surface area contributed by atoms with E-state index in [0.717, 1.165) is 11.0 Å². The number of hydrogen-bond donors (Lipinski definition) is 0. The first-order valence-electron chi connectivity index (χ1n) is 3.87. The van der Waals surface area contributed by atoms with E-state index in [9.17, 15) is 13.2 Å². The van der Waals surface area contributed by atoms with Gasteiger partial charge < -0.3 is 0 Å². The topological polar surface area (TPSA) is 30.7 Å². The van der Waals surface area contributed by atoms with E-state index in [1.807, 2.05) is 13.8 Å². The fourth-order valence-corrected chi connectivity index (χ4v) is 0.842. The highest BCUT2D eigenvalue weighted by Gasteiger charge is 2.34. The predicted molar refractivity (Wildman–Crippen MR) is 39.9 cm³/mol. The number of alkyl halides is 3. The molecule has 0 fully saturated rings. The Kier molecular flexibility index (Phi) is 2.58. The fraction of sp³-hybridized carbons (Fsp3) is 0.714. The van der Waals surface area contributed by atoms with Gasteiger partial charge in [0.1, 0.15) is 0 Å². The molecule has 0 N–H and O–H groups in total. The van der Waals surface area contributed by atoms with Gasteiger partial charge in [-0.1, -0.05) is 13.8 Å². The van der Waals surface area contributed by atoms with Gasteiger partial charge in [-0.2, -0.15) is 23.1 Å². The van der Waals surface area contributed by atoms with Gasteiger partial charge in [-0.3, -0.25) is 0 Å². The van der Waals surface area contributed by atoms with Gasteiger partial charge in [0.25, 0.3) is 0 Å². The van der Waals surface area contributed by atoms with Crippen LogP contribution in [-0.4, -0.2) is 15.0 Å². The maximum Gasteiger partial charge on any atom is 0.436 e. The summed E-state index contributed by atoms with van der Waals surface area (Å²) in [5.41, 5.74) is -0.937. The van der Waals surface area contributed by atoms with Crippen LogP contribution in [0.4, 0.5) is 13.2 Å². The van der Waals surface area contributed by atoms with Gasteiger partial charge in [-0.25, -0.2) is 0 Å². The molecule has 0 bridgehead atoms. The lowest BCUT2D eigenvalue weighted by Gasteiger charge is -2.02. The molecule has 1 aromatic heterocycles. The lowest BCUT2D eigenvalue weighted by atomic mass is 10.2. The average Bonchev–Trinajstić information content (AvgIpc) is 2.32. The molecule has 1 rings (SSSR count). The van der Waals surface area contributed by atoms with Gasteiger partial charge in [0.05, 0.1) is 12.7 Å². The first-order valence-corrected chi connectivity index (χ1v) is 3.87. The second kappa shape index (κ2) is 3.35. The number of rotatable bonds is 2. The summed E-state index contributed by atoms with van der Waals surface area (Å²) in [6.45, 7) is 4.17. The van der Waals surface area contributed by atoms with Crippen molar-refractivity contribution in [2.75, 3.05) is 0 Å². The monoisotopic (exact) mass is 193 g/mol. The molecule has 0 aliphatic rings. The van der Waals surface area contributed by atoms with Crippen molar-refractivity contribution in [2.45, 2.75) is 26.6 Å². The quantitative estimate of drug-likeness (QED) is 0.718. The second-order valence-electron chi connectivity index (χ2n) is 3.18. The van der Waals surface area contributed by atoms with E-state index in [0.29, 0.717) is 6.54 Å². The van der Waals surface area contributed by atoms with Gasteiger partial charge in [0, 0.05) is 0 Å². The first kappa shape index (κ1) is 10.0. The Balaban J connectivity index is 2.75. The van der Waals surface area contributed by atoms with Gasteiger partial charge >= 0.3 is 6.18 Å². The van der Waals surface area contributed by atoms with Gasteiger partial charge in [0.2, 0.25) is 0 Å². The van der Waals surface area contributed by atoms with Crippen molar-refractivity contribution < 1.29 is 13.2 Å². The van der Waals surface area contributed by atoms with Crippen molar-refractivity contribution in [3.8, 4) is 0 Å². The summed E-state index contributed by atoms with van der Waals surface area (Å²) in [5, 5.41) is 6.81. The predicted octanol–water partition coefficient (Wildman–Crippen LogP) is 1.95. The maximum atomic E-state index is 12.0. The largest absolute Gasteiger partial charge is 0.436 e. The average molecular weight is 193 g/mol. The summed E-state index contributed by atoms with van der Waals surface area (Å²) < 4.78 is 36.1. The van der Waals surface area contributed by atoms with Crippen molar-refractivity contribution in [3.05, 3.63) is 11.9 Å². The molecule has 0 aliphatic carbocycles. The molecule has 0 spiro atoms. The molecule has 1 aromatic rings. The molecule has 0 unspecified atom stereocenters. The molecular formula is C7H10F3N3. The third-order valence-electron chi connectivity index (χ3n) is 1.36. The molecular weight excluding hydrogens is 183 g/mol. The van der Waals surface area contributed by atoms with E-state index < -0.39 is 11.9 Å². The molecule has 74 valence electrons. The summed E-state index contributed by atoms with van der Waals surface area (Å²) in [6, 6.07) is 0. The standard InChI is InChI=1S/C7H10F3N3/c1-5(2)4-13-11-3-6(12-13)7(8,9)10/h3,5H,4H2,1-2H3. The van der Waals surface area contributed by atoms with Crippen LogP contribution in [-0.2, 0) is 12.7 Å². The third-order valence-corrected chi connectivity index (χ3v) is 1.36. The summed E-state index contributed by atoms with van der Waals surface area (Å²) in [7, 11) is 0. The first-order chi connectivity index (χ1) is 5.89. The van der Waals surface area contributed by atoms with Crippen LogP contribution in [0.15, 0.2) is 6.20 Å². The van der Waals surface area contributed by atoms with E-state index in [1.165, 1.54) is 0 Å². The van der Waals surface area contributed by atoms with Crippen LogP contribution in [0.25, 0.3) is 0 Å². The lowest BCUT2D eigenvalue weighted by molar-refractivity contribution is -0.141. The van der Waals surface area contributed by atoms with Crippen molar-refractivity contribution in [1.29, 1.82) is 0 Å². The van der Waals surface area contributed by atoms with E-state index in [2.05, 4.69) is 10.2 Å². The SMILES string of the molecule is CC(C)Cn1ncc(C(F)(F)F)n1. The molecule has 0 atom stereocenters. The van der Waals surface area contributed by atoms with Crippen LogP contribution >= 0.6 is 0 Å². The zero-order valence-electron chi connectivity index (χ0n) is 7.34. The maximum absolute atomic E-state index is 12.0. The highest BCUT2D eigenvalue weighted by molar-refractivity contribution is 4.96. The lowest BCUT2D eigenvalue weighted by Crippen LogP contribution is -2.11. The molecule has 0 aromatic carbocycles. The Morgan fingerprint density at radius 3 is 2.46 bits per heavy atom. The normalized spacial score (nSPS) is 12.5. The fourth-order valence-electron chi connectivity index (χ4n) is 0.842. The molecule has 0 radical (unpaired) electrons. The van der Waals surface area contributed by atoms with E-state index in [4.69, 9.17) is 0 Å². The zero-order valence-corrected chi connectivity index (χ0v) is 7.34. The van der Waals surface area contributed by atoms with Crippen LogP contribution in [0.5, 0.6) is 0 Å². The Bertz CT molecular complexity index is 277. The smallest absolute Gasteiger partial charge is 0.184 e. The van der Waals surface area contributed by atoms with Crippen LogP contribution < -0.4 is 0 Å². The molecule has 13 heavy (non-hydrogen) atoms. The van der Waals surface area contributed by atoms with E-state index in [1.54, 1.807) is 0 Å². The molecule has 1 heterocycles. The number of halogens is 3. The molecule has 0 amide bonds. The van der Waals surface area contributed by atoms with Crippen molar-refractivity contribution >= 4 is 0 Å². The van der Waals surface area contributed by atoms with Gasteiger partial charge in [-0.05, 0) is 5.92 Å². The van der Waals surface area contributed by atoms with Gasteiger partial charge in [0.15, 0.2) is 5.69 Å². The van der Waals surface area contributed by atoms with Crippen LogP contribution in [0, 0.1) is 5.92 Å².